The Balaban J connectivity index is 1.56. The summed E-state index contributed by atoms with van der Waals surface area (Å²) in [6.45, 7) is 7.26. The van der Waals surface area contributed by atoms with Gasteiger partial charge >= 0.3 is 0 Å². The van der Waals surface area contributed by atoms with Gasteiger partial charge in [-0.1, -0.05) is 49.3 Å². The number of hydrogen-bond donors (Lipinski definition) is 1. The molecular formula is C21H31N5O3S. The molecule has 0 amide bonds. The third-order valence-corrected chi connectivity index (χ3v) is 7.29. The van der Waals surface area contributed by atoms with E-state index < -0.39 is 10.0 Å². The highest BCUT2D eigenvalue weighted by molar-refractivity contribution is 7.88. The molecule has 0 aliphatic carbocycles. The molecule has 0 radical (unpaired) electrons. The molecule has 1 N–H and O–H groups in total. The molecule has 0 spiro atoms. The summed E-state index contributed by atoms with van der Waals surface area (Å²) in [5, 5.41) is 7.21. The van der Waals surface area contributed by atoms with Crippen LogP contribution in [-0.2, 0) is 15.8 Å². The first kappa shape index (κ1) is 22.3. The first-order valence-electron chi connectivity index (χ1n) is 10.3. The molecule has 30 heavy (non-hydrogen) atoms. The van der Waals surface area contributed by atoms with Gasteiger partial charge in [-0.3, -0.25) is 4.99 Å². The Morgan fingerprint density at radius 2 is 1.87 bits per heavy atom. The van der Waals surface area contributed by atoms with Gasteiger partial charge in [0.25, 0.3) is 0 Å². The Hall–Kier alpha value is -2.39. The van der Waals surface area contributed by atoms with Crippen molar-refractivity contribution >= 4 is 16.0 Å². The zero-order chi connectivity index (χ0) is 21.6. The smallest absolute Gasteiger partial charge is 0.220 e. The number of nitrogens with one attached hydrogen (secondary N) is 1. The number of benzene rings is 1. The van der Waals surface area contributed by atoms with E-state index in [9.17, 15) is 8.42 Å². The van der Waals surface area contributed by atoms with Gasteiger partial charge in [0, 0.05) is 51.8 Å². The van der Waals surface area contributed by atoms with Crippen LogP contribution in [-0.4, -0.2) is 68.5 Å². The van der Waals surface area contributed by atoms with Gasteiger partial charge in [0.1, 0.15) is 12.0 Å². The van der Waals surface area contributed by atoms with Crippen molar-refractivity contribution in [3.63, 3.8) is 0 Å². The summed E-state index contributed by atoms with van der Waals surface area (Å²) in [5.41, 5.74) is 1.73. The molecule has 164 valence electrons. The molecule has 1 aromatic heterocycles. The quantitative estimate of drug-likeness (QED) is 0.531. The Bertz CT molecular complexity index is 905. The lowest BCUT2D eigenvalue weighted by Crippen LogP contribution is -2.54. The lowest BCUT2D eigenvalue weighted by molar-refractivity contribution is 0.259. The molecule has 3 rings (SSSR count). The van der Waals surface area contributed by atoms with E-state index in [1.54, 1.807) is 13.1 Å². The highest BCUT2D eigenvalue weighted by atomic mass is 32.2. The molecule has 0 saturated carbocycles. The molecule has 1 saturated heterocycles. The minimum atomic E-state index is -3.41. The number of aliphatic imine (C=N–C) groups is 1. The molecule has 0 bridgehead atoms. The maximum atomic E-state index is 12.6. The van der Waals surface area contributed by atoms with Crippen molar-refractivity contribution in [2.75, 3.05) is 39.8 Å². The number of hydrogen-bond acceptors (Lipinski definition) is 5. The van der Waals surface area contributed by atoms with E-state index in [4.69, 9.17) is 4.52 Å². The van der Waals surface area contributed by atoms with E-state index in [0.717, 1.165) is 12.5 Å². The maximum Gasteiger partial charge on any atom is 0.220 e. The summed E-state index contributed by atoms with van der Waals surface area (Å²) in [6.07, 6.45) is 1.39. The zero-order valence-corrected chi connectivity index (χ0v) is 18.7. The van der Waals surface area contributed by atoms with Crippen molar-refractivity contribution < 1.29 is 12.9 Å². The summed E-state index contributed by atoms with van der Waals surface area (Å²) in [5.74, 6) is 1.53. The number of rotatable bonds is 7. The standard InChI is InChI=1S/C21H31N5O3S/c1-17(2)20(18-7-5-4-6-8-18)15-23-21(22-3)25-10-12-26(13-11-25)30(27,28)16-19-9-14-29-24-19/h4-9,14,17,20H,10-13,15-16H2,1-3H3,(H,22,23). The molecule has 1 aliphatic heterocycles. The minimum absolute atomic E-state index is 0.135. The molecule has 1 aromatic carbocycles. The number of piperazine rings is 1. The summed E-state index contributed by atoms with van der Waals surface area (Å²) in [4.78, 5) is 6.54. The molecule has 1 atom stereocenters. The summed E-state index contributed by atoms with van der Waals surface area (Å²) in [6, 6.07) is 12.1. The normalized spacial score (nSPS) is 17.3. The maximum absolute atomic E-state index is 12.6. The largest absolute Gasteiger partial charge is 0.364 e. The van der Waals surface area contributed by atoms with Crippen LogP contribution in [0.1, 0.15) is 31.0 Å². The van der Waals surface area contributed by atoms with Crippen LogP contribution in [0, 0.1) is 5.92 Å². The molecule has 1 fully saturated rings. The van der Waals surface area contributed by atoms with Crippen molar-refractivity contribution in [1.82, 2.24) is 19.7 Å². The van der Waals surface area contributed by atoms with Gasteiger partial charge in [-0.05, 0) is 11.5 Å². The van der Waals surface area contributed by atoms with E-state index in [1.807, 2.05) is 6.07 Å². The number of nitrogens with zero attached hydrogens (tertiary/aromatic N) is 4. The zero-order valence-electron chi connectivity index (χ0n) is 17.9. The van der Waals surface area contributed by atoms with Crippen molar-refractivity contribution in [2.24, 2.45) is 10.9 Å². The van der Waals surface area contributed by atoms with Crippen LogP contribution >= 0.6 is 0 Å². The van der Waals surface area contributed by atoms with Gasteiger partial charge < -0.3 is 14.7 Å². The topological polar surface area (TPSA) is 91.0 Å². The second-order valence-electron chi connectivity index (χ2n) is 7.82. The monoisotopic (exact) mass is 433 g/mol. The van der Waals surface area contributed by atoms with Crippen LogP contribution in [0.3, 0.4) is 0 Å². The van der Waals surface area contributed by atoms with Crippen LogP contribution in [0.25, 0.3) is 0 Å². The second-order valence-corrected chi connectivity index (χ2v) is 9.79. The van der Waals surface area contributed by atoms with Crippen molar-refractivity contribution in [3.8, 4) is 0 Å². The highest BCUT2D eigenvalue weighted by Gasteiger charge is 2.29. The van der Waals surface area contributed by atoms with Crippen molar-refractivity contribution in [2.45, 2.75) is 25.5 Å². The van der Waals surface area contributed by atoms with Gasteiger partial charge in [-0.25, -0.2) is 8.42 Å². The SMILES string of the molecule is CN=C(NCC(c1ccccc1)C(C)C)N1CCN(S(=O)(=O)Cc2ccon2)CC1. The summed E-state index contributed by atoms with van der Waals surface area (Å²) < 4.78 is 31.5. The number of guanidine groups is 1. The average Bonchev–Trinajstić information content (AvgIpc) is 3.24. The van der Waals surface area contributed by atoms with E-state index in [1.165, 1.54) is 16.1 Å². The summed E-state index contributed by atoms with van der Waals surface area (Å²) in [7, 11) is -1.64. The molecule has 1 aliphatic rings. The highest BCUT2D eigenvalue weighted by Crippen LogP contribution is 2.23. The van der Waals surface area contributed by atoms with Gasteiger partial charge in [0.2, 0.25) is 10.0 Å². The van der Waals surface area contributed by atoms with E-state index in [-0.39, 0.29) is 5.75 Å². The minimum Gasteiger partial charge on any atom is -0.364 e. The van der Waals surface area contributed by atoms with Crippen molar-refractivity contribution in [3.05, 3.63) is 53.9 Å². The number of sulfonamides is 1. The predicted octanol–water partition coefficient (Wildman–Crippen LogP) is 2.14. The first-order valence-corrected chi connectivity index (χ1v) is 11.9. The predicted molar refractivity (Wildman–Crippen MR) is 118 cm³/mol. The molecule has 2 heterocycles. The lowest BCUT2D eigenvalue weighted by Gasteiger charge is -2.36. The van der Waals surface area contributed by atoms with Gasteiger partial charge in [-0.2, -0.15) is 4.31 Å². The van der Waals surface area contributed by atoms with Crippen LogP contribution in [0.15, 0.2) is 52.2 Å². The van der Waals surface area contributed by atoms with Crippen LogP contribution in [0.5, 0.6) is 0 Å². The average molecular weight is 434 g/mol. The molecule has 1 unspecified atom stereocenters. The molecule has 8 nitrogen and oxygen atoms in total. The fourth-order valence-corrected chi connectivity index (χ4v) is 5.17. The Morgan fingerprint density at radius 3 is 2.43 bits per heavy atom. The van der Waals surface area contributed by atoms with Crippen LogP contribution < -0.4 is 5.32 Å². The fraction of sp³-hybridized carbons (Fsp3) is 0.524. The van der Waals surface area contributed by atoms with Crippen molar-refractivity contribution in [1.29, 1.82) is 0 Å². The Kier molecular flexibility index (Phi) is 7.49. The Labute approximate surface area is 179 Å². The van der Waals surface area contributed by atoms with Gasteiger partial charge in [0.15, 0.2) is 5.96 Å². The molecular weight excluding hydrogens is 402 g/mol. The Morgan fingerprint density at radius 1 is 1.17 bits per heavy atom. The fourth-order valence-electron chi connectivity index (χ4n) is 3.74. The lowest BCUT2D eigenvalue weighted by atomic mass is 9.88. The van der Waals surface area contributed by atoms with E-state index >= 15 is 0 Å². The molecule has 2 aromatic rings. The van der Waals surface area contributed by atoms with Crippen LogP contribution in [0.2, 0.25) is 0 Å². The number of aromatic nitrogens is 1. The van der Waals surface area contributed by atoms with E-state index in [2.05, 4.69) is 58.5 Å². The third-order valence-electron chi connectivity index (χ3n) is 5.48. The first-order chi connectivity index (χ1) is 14.4. The van der Waals surface area contributed by atoms with Crippen LogP contribution in [0.4, 0.5) is 0 Å². The second kappa shape index (κ2) is 10.1. The summed E-state index contributed by atoms with van der Waals surface area (Å²) >= 11 is 0. The van der Waals surface area contributed by atoms with Gasteiger partial charge in [0.05, 0.1) is 5.69 Å². The van der Waals surface area contributed by atoms with E-state index in [0.29, 0.717) is 43.7 Å². The third kappa shape index (κ3) is 5.60. The van der Waals surface area contributed by atoms with Gasteiger partial charge in [-0.15, -0.1) is 0 Å². The molecule has 9 heteroatoms.